The van der Waals surface area contributed by atoms with Crippen LogP contribution in [0.5, 0.6) is 17.2 Å². The van der Waals surface area contributed by atoms with Crippen molar-refractivity contribution in [3.8, 4) is 17.2 Å². The lowest BCUT2D eigenvalue weighted by Gasteiger charge is -2.28. The second-order valence-corrected chi connectivity index (χ2v) is 11.7. The van der Waals surface area contributed by atoms with Crippen molar-refractivity contribution in [2.45, 2.75) is 59.1 Å². The highest BCUT2D eigenvalue weighted by Crippen LogP contribution is 2.48. The van der Waals surface area contributed by atoms with Gasteiger partial charge in [0.1, 0.15) is 18.1 Å². The predicted molar refractivity (Wildman–Crippen MR) is 161 cm³/mol. The zero-order valence-corrected chi connectivity index (χ0v) is 25.2. The van der Waals surface area contributed by atoms with E-state index in [0.29, 0.717) is 37.7 Å². The number of ether oxygens (including phenoxy) is 4. The van der Waals surface area contributed by atoms with Crippen molar-refractivity contribution in [1.29, 1.82) is 0 Å². The van der Waals surface area contributed by atoms with Gasteiger partial charge in [-0.1, -0.05) is 36.4 Å². The van der Waals surface area contributed by atoms with Crippen molar-refractivity contribution in [3.05, 3.63) is 88.5 Å². The molecule has 2 aliphatic heterocycles. The Balaban J connectivity index is 1.42. The number of carbonyl (C=O) groups excluding carboxylic acids is 2. The van der Waals surface area contributed by atoms with Gasteiger partial charge in [-0.25, -0.2) is 0 Å². The Morgan fingerprint density at radius 3 is 2.31 bits per heavy atom. The Kier molecular flexibility index (Phi) is 9.29. The predicted octanol–water partition coefficient (Wildman–Crippen LogP) is 5.99. The van der Waals surface area contributed by atoms with Crippen LogP contribution >= 0.6 is 0 Å². The van der Waals surface area contributed by atoms with Crippen molar-refractivity contribution in [2.24, 2.45) is 5.92 Å². The Labute approximate surface area is 248 Å². The molecule has 0 bridgehead atoms. The van der Waals surface area contributed by atoms with E-state index >= 15 is 0 Å². The van der Waals surface area contributed by atoms with Crippen LogP contribution < -0.4 is 14.2 Å². The number of benzene rings is 3. The fourth-order valence-corrected chi connectivity index (χ4v) is 6.28. The third-order valence-electron chi connectivity index (χ3n) is 8.32. The monoisotopic (exact) mass is 571 g/mol. The standard InChI is InChI=1S/C35H41NO6/c1-22(2)39-15-16-40-29-12-9-26(10-13-29)35-34(25(5)37)31(27-11-14-32-33(17-27)42-21-41-32)20-36(35)19-28(38)18-30-23(3)7-6-8-24(30)4/h6-14,17,22,31,34-35H,15-16,18-21H2,1-5H3/t31-,34-,35+/m1/s1. The van der Waals surface area contributed by atoms with Crippen LogP contribution in [-0.4, -0.2) is 55.7 Å². The third-order valence-corrected chi connectivity index (χ3v) is 8.32. The summed E-state index contributed by atoms with van der Waals surface area (Å²) in [6.07, 6.45) is 0.523. The molecule has 0 spiro atoms. The van der Waals surface area contributed by atoms with Gasteiger partial charge in [0.25, 0.3) is 0 Å². The van der Waals surface area contributed by atoms with E-state index in [1.807, 2.05) is 88.4 Å². The minimum atomic E-state index is -0.329. The van der Waals surface area contributed by atoms with Crippen molar-refractivity contribution >= 4 is 11.6 Å². The topological polar surface area (TPSA) is 74.3 Å². The number of hydrogen-bond acceptors (Lipinski definition) is 7. The highest BCUT2D eigenvalue weighted by Gasteiger charge is 2.46. The fourth-order valence-electron chi connectivity index (χ4n) is 6.28. The molecule has 1 fully saturated rings. The Morgan fingerprint density at radius 2 is 1.62 bits per heavy atom. The van der Waals surface area contributed by atoms with Gasteiger partial charge >= 0.3 is 0 Å². The minimum absolute atomic E-state index is 0.0959. The summed E-state index contributed by atoms with van der Waals surface area (Å²) in [5, 5.41) is 0. The summed E-state index contributed by atoms with van der Waals surface area (Å²) in [6, 6.07) is 19.7. The van der Waals surface area contributed by atoms with Crippen molar-refractivity contribution in [2.75, 3.05) is 33.1 Å². The van der Waals surface area contributed by atoms with Crippen molar-refractivity contribution < 1.29 is 28.5 Å². The molecule has 42 heavy (non-hydrogen) atoms. The number of ketones is 2. The van der Waals surface area contributed by atoms with Gasteiger partial charge in [-0.05, 0) is 86.7 Å². The average molecular weight is 572 g/mol. The van der Waals surface area contributed by atoms with E-state index in [2.05, 4.69) is 4.90 Å². The summed E-state index contributed by atoms with van der Waals surface area (Å²) in [7, 11) is 0. The largest absolute Gasteiger partial charge is 0.491 e. The number of fused-ring (bicyclic) bond motifs is 1. The summed E-state index contributed by atoms with van der Waals surface area (Å²) in [5.41, 5.74) is 5.33. The Morgan fingerprint density at radius 1 is 0.929 bits per heavy atom. The Bertz CT molecular complexity index is 1400. The van der Waals surface area contributed by atoms with Gasteiger partial charge in [0.2, 0.25) is 6.79 Å². The number of carbonyl (C=O) groups is 2. The van der Waals surface area contributed by atoms with Gasteiger partial charge < -0.3 is 18.9 Å². The quantitative estimate of drug-likeness (QED) is 0.247. The molecular weight excluding hydrogens is 530 g/mol. The highest BCUT2D eigenvalue weighted by molar-refractivity contribution is 5.85. The lowest BCUT2D eigenvalue weighted by Crippen LogP contribution is -2.33. The first-order chi connectivity index (χ1) is 20.2. The maximum Gasteiger partial charge on any atom is 0.231 e. The lowest BCUT2D eigenvalue weighted by molar-refractivity contribution is -0.123. The molecule has 0 N–H and O–H groups in total. The first kappa shape index (κ1) is 29.8. The van der Waals surface area contributed by atoms with Gasteiger partial charge in [0.05, 0.1) is 19.3 Å². The second kappa shape index (κ2) is 13.1. The number of hydrogen-bond donors (Lipinski definition) is 0. The van der Waals surface area contributed by atoms with Gasteiger partial charge in [-0.15, -0.1) is 0 Å². The number of aryl methyl sites for hydroxylation is 2. The second-order valence-electron chi connectivity index (χ2n) is 11.7. The van der Waals surface area contributed by atoms with Crippen LogP contribution in [0.2, 0.25) is 0 Å². The van der Waals surface area contributed by atoms with E-state index in [4.69, 9.17) is 18.9 Å². The molecule has 222 valence electrons. The van der Waals surface area contributed by atoms with Crippen LogP contribution in [-0.2, 0) is 20.7 Å². The molecule has 0 saturated carbocycles. The van der Waals surface area contributed by atoms with Crippen LogP contribution in [0, 0.1) is 19.8 Å². The first-order valence-corrected chi connectivity index (χ1v) is 14.8. The minimum Gasteiger partial charge on any atom is -0.491 e. The molecule has 0 unspecified atom stereocenters. The van der Waals surface area contributed by atoms with E-state index in [1.165, 1.54) is 0 Å². The van der Waals surface area contributed by atoms with Crippen LogP contribution in [0.1, 0.15) is 60.5 Å². The van der Waals surface area contributed by atoms with Crippen LogP contribution in [0.4, 0.5) is 0 Å². The summed E-state index contributed by atoms with van der Waals surface area (Å²) in [4.78, 5) is 29.1. The van der Waals surface area contributed by atoms with Crippen LogP contribution in [0.25, 0.3) is 0 Å². The maximum atomic E-state index is 13.6. The average Bonchev–Trinajstić information content (AvgIpc) is 3.58. The third kappa shape index (κ3) is 6.69. The fraction of sp³-hybridized carbons (Fsp3) is 0.429. The Hall–Kier alpha value is -3.68. The maximum absolute atomic E-state index is 13.6. The molecule has 2 aliphatic rings. The summed E-state index contributed by atoms with van der Waals surface area (Å²) >= 11 is 0. The SMILES string of the molecule is CC(=O)[C@@H]1[C@@H](c2ccc3c(c2)OCO3)CN(CC(=O)Cc2c(C)cccc2C)[C@H]1c1ccc(OCCOC(C)C)cc1. The molecule has 2 heterocycles. The van der Waals surface area contributed by atoms with Gasteiger partial charge in [0, 0.05) is 30.8 Å². The number of Topliss-reactive ketones (excluding diaryl/α,β-unsaturated/α-hetero) is 2. The van der Waals surface area contributed by atoms with E-state index in [-0.39, 0.29) is 48.9 Å². The molecule has 3 aromatic rings. The van der Waals surface area contributed by atoms with Crippen molar-refractivity contribution in [1.82, 2.24) is 4.90 Å². The van der Waals surface area contributed by atoms with E-state index in [0.717, 1.165) is 33.6 Å². The highest BCUT2D eigenvalue weighted by atomic mass is 16.7. The molecule has 7 heteroatoms. The van der Waals surface area contributed by atoms with Crippen molar-refractivity contribution in [3.63, 3.8) is 0 Å². The summed E-state index contributed by atoms with van der Waals surface area (Å²) in [5.74, 6) is 1.95. The first-order valence-electron chi connectivity index (χ1n) is 14.8. The van der Waals surface area contributed by atoms with E-state index in [9.17, 15) is 9.59 Å². The van der Waals surface area contributed by atoms with Gasteiger partial charge in [0.15, 0.2) is 17.3 Å². The zero-order valence-electron chi connectivity index (χ0n) is 25.2. The number of nitrogens with zero attached hydrogens (tertiary/aromatic N) is 1. The molecule has 3 aromatic carbocycles. The smallest absolute Gasteiger partial charge is 0.231 e. The molecule has 5 rings (SSSR count). The number of likely N-dealkylation sites (tertiary alicyclic amines) is 1. The summed E-state index contributed by atoms with van der Waals surface area (Å²) in [6.45, 7) is 11.8. The number of rotatable bonds is 12. The van der Waals surface area contributed by atoms with Gasteiger partial charge in [-0.3, -0.25) is 14.5 Å². The summed E-state index contributed by atoms with van der Waals surface area (Å²) < 4.78 is 22.6. The molecule has 7 nitrogen and oxygen atoms in total. The molecule has 0 amide bonds. The lowest BCUT2D eigenvalue weighted by atomic mass is 9.80. The van der Waals surface area contributed by atoms with E-state index in [1.54, 1.807) is 6.92 Å². The van der Waals surface area contributed by atoms with E-state index < -0.39 is 0 Å². The van der Waals surface area contributed by atoms with Crippen LogP contribution in [0.15, 0.2) is 60.7 Å². The molecular formula is C35H41NO6. The molecule has 3 atom stereocenters. The normalized spacial score (nSPS) is 19.8. The molecule has 0 radical (unpaired) electrons. The molecule has 1 saturated heterocycles. The van der Waals surface area contributed by atoms with Gasteiger partial charge in [-0.2, -0.15) is 0 Å². The zero-order chi connectivity index (χ0) is 29.8. The molecule has 0 aliphatic carbocycles. The molecule has 0 aromatic heterocycles. The van der Waals surface area contributed by atoms with Crippen LogP contribution in [0.3, 0.4) is 0 Å².